The van der Waals surface area contributed by atoms with Gasteiger partial charge in [-0.05, 0) is 124 Å². The van der Waals surface area contributed by atoms with Crippen LogP contribution in [0.2, 0.25) is 0 Å². The van der Waals surface area contributed by atoms with Crippen LogP contribution in [0.15, 0.2) is 46.4 Å². The van der Waals surface area contributed by atoms with Gasteiger partial charge in [-0.15, -0.1) is 0 Å². The van der Waals surface area contributed by atoms with Crippen LogP contribution in [-0.4, -0.2) is 11.4 Å². The molecule has 0 N–H and O–H groups in total. The van der Waals surface area contributed by atoms with Gasteiger partial charge >= 0.3 is 0 Å². The third-order valence-electron chi connectivity index (χ3n) is 15.2. The molecule has 0 fully saturated rings. The van der Waals surface area contributed by atoms with Crippen LogP contribution in [-0.2, 0) is 25.7 Å². The zero-order valence-corrected chi connectivity index (χ0v) is 47.6. The van der Waals surface area contributed by atoms with Crippen LogP contribution in [0, 0.1) is 0 Å². The van der Waals surface area contributed by atoms with E-state index in [2.05, 4.69) is 77.9 Å². The van der Waals surface area contributed by atoms with Crippen molar-refractivity contribution in [2.75, 3.05) is 0 Å². The lowest BCUT2D eigenvalue weighted by molar-refractivity contribution is 0.515. The second-order valence-electron chi connectivity index (χ2n) is 21.9. The van der Waals surface area contributed by atoms with Crippen LogP contribution >= 0.6 is 0 Å². The van der Waals surface area contributed by atoms with Crippen molar-refractivity contribution < 1.29 is 0 Å². The molecule has 0 heterocycles. The largest absolute Gasteiger partial charge is 0.252 e. The quantitative estimate of drug-likeness (QED) is 0.0466. The summed E-state index contributed by atoms with van der Waals surface area (Å²) in [5.74, 6) is 0. The maximum absolute atomic E-state index is 5.60. The highest BCUT2D eigenvalue weighted by molar-refractivity contribution is 6.43. The first-order valence-corrected chi connectivity index (χ1v) is 31.5. The first-order valence-electron chi connectivity index (χ1n) is 31.5. The van der Waals surface area contributed by atoms with E-state index >= 15 is 0 Å². The number of aliphatic imine (C=N–C) groups is 2. The molecule has 0 aliphatic carbocycles. The van der Waals surface area contributed by atoms with Crippen LogP contribution in [0.3, 0.4) is 0 Å². The number of aryl methyl sites for hydroxylation is 4. The van der Waals surface area contributed by atoms with E-state index in [0.29, 0.717) is 0 Å². The van der Waals surface area contributed by atoms with Crippen molar-refractivity contribution in [3.05, 3.63) is 58.7 Å². The average Bonchev–Trinajstić information content (AvgIpc) is 3.36. The van der Waals surface area contributed by atoms with E-state index in [1.54, 1.807) is 11.1 Å². The van der Waals surface area contributed by atoms with E-state index in [4.69, 9.17) is 9.98 Å². The van der Waals surface area contributed by atoms with Crippen molar-refractivity contribution in [3.63, 3.8) is 0 Å². The number of unbranched alkanes of at least 4 members (excludes halogenated alkanes) is 35. The highest BCUT2D eigenvalue weighted by Crippen LogP contribution is 2.27. The maximum Gasteiger partial charge on any atom is 0.0636 e. The normalized spacial score (nSPS) is 12.2. The number of hydrogen-bond acceptors (Lipinski definition) is 2. The van der Waals surface area contributed by atoms with Gasteiger partial charge in [0.2, 0.25) is 0 Å². The minimum atomic E-state index is 1.01. The fourth-order valence-corrected chi connectivity index (χ4v) is 10.5. The van der Waals surface area contributed by atoms with Gasteiger partial charge < -0.3 is 0 Å². The lowest BCUT2D eigenvalue weighted by Crippen LogP contribution is -2.14. The van der Waals surface area contributed by atoms with E-state index in [1.807, 2.05) is 0 Å². The maximum atomic E-state index is 5.60. The van der Waals surface area contributed by atoms with Crippen molar-refractivity contribution in [1.82, 2.24) is 0 Å². The van der Waals surface area contributed by atoms with Gasteiger partial charge in [-0.1, -0.05) is 278 Å². The Hall–Kier alpha value is -2.22. The summed E-state index contributed by atoms with van der Waals surface area (Å²) in [4.78, 5) is 11.2. The van der Waals surface area contributed by atoms with Gasteiger partial charge in [-0.2, -0.15) is 0 Å². The minimum Gasteiger partial charge on any atom is -0.252 e. The van der Waals surface area contributed by atoms with Gasteiger partial charge in [-0.3, -0.25) is 9.98 Å². The van der Waals surface area contributed by atoms with Crippen molar-refractivity contribution in [2.45, 2.75) is 343 Å². The molecular formula is C67H118N2. The lowest BCUT2D eigenvalue weighted by Gasteiger charge is -2.15. The average molecular weight is 952 g/mol. The molecule has 396 valence electrons. The summed E-state index contributed by atoms with van der Waals surface area (Å²) >= 11 is 0. The second-order valence-corrected chi connectivity index (χ2v) is 21.9. The fraction of sp³-hybridized carbons (Fsp3) is 0.791. The van der Waals surface area contributed by atoms with Gasteiger partial charge in [0.1, 0.15) is 0 Å². The molecule has 0 bridgehead atoms. The van der Waals surface area contributed by atoms with Gasteiger partial charge in [0.25, 0.3) is 0 Å². The molecule has 0 unspecified atom stereocenters. The van der Waals surface area contributed by atoms with E-state index in [0.717, 1.165) is 30.6 Å². The third kappa shape index (κ3) is 33.9. The highest BCUT2D eigenvalue weighted by Gasteiger charge is 2.14. The van der Waals surface area contributed by atoms with Gasteiger partial charge in [-0.25, -0.2) is 0 Å². The Morgan fingerprint density at radius 1 is 0.246 bits per heavy atom. The first kappa shape index (κ1) is 62.9. The van der Waals surface area contributed by atoms with Crippen molar-refractivity contribution in [2.24, 2.45) is 9.98 Å². The van der Waals surface area contributed by atoms with E-state index in [1.165, 1.54) is 305 Å². The molecule has 0 saturated carbocycles. The minimum absolute atomic E-state index is 1.01. The third-order valence-corrected chi connectivity index (χ3v) is 15.2. The van der Waals surface area contributed by atoms with Crippen LogP contribution in [0.4, 0.5) is 11.4 Å². The summed E-state index contributed by atoms with van der Waals surface area (Å²) in [5, 5.41) is 0. The number of hydrogen-bond donors (Lipinski definition) is 0. The van der Waals surface area contributed by atoms with Crippen LogP contribution in [0.5, 0.6) is 0 Å². The molecule has 2 aromatic rings. The monoisotopic (exact) mass is 951 g/mol. The van der Waals surface area contributed by atoms with Crippen molar-refractivity contribution >= 4 is 22.8 Å². The molecule has 0 aliphatic rings. The molecule has 2 nitrogen and oxygen atoms in total. The van der Waals surface area contributed by atoms with Crippen molar-refractivity contribution in [1.29, 1.82) is 0 Å². The number of benzene rings is 2. The predicted molar refractivity (Wildman–Crippen MR) is 314 cm³/mol. The Kier molecular flexibility index (Phi) is 42.7. The topological polar surface area (TPSA) is 24.7 Å². The summed E-state index contributed by atoms with van der Waals surface area (Å²) < 4.78 is 0. The predicted octanol–water partition coefficient (Wildman–Crippen LogP) is 23.6. The van der Waals surface area contributed by atoms with Gasteiger partial charge in [0.15, 0.2) is 0 Å². The van der Waals surface area contributed by atoms with Gasteiger partial charge in [0, 0.05) is 0 Å². The Bertz CT molecular complexity index is 1500. The smallest absolute Gasteiger partial charge is 0.0636 e. The molecule has 0 radical (unpaired) electrons. The SMILES string of the molecule is CCCCCCCCCCCCCCCCCCCCCCCCCCCCCC(=Nc1ccc(CCCCC)c(CCCCC)c1)C(CCCC)=Nc1ccc(CCCCC)c(CCCCC)c1. The molecule has 0 aliphatic heterocycles. The molecule has 0 atom stereocenters. The van der Waals surface area contributed by atoms with Crippen LogP contribution in [0.1, 0.15) is 340 Å². The summed E-state index contributed by atoms with van der Waals surface area (Å²) in [6, 6.07) is 14.4. The van der Waals surface area contributed by atoms with E-state index in [-0.39, 0.29) is 0 Å². The zero-order valence-electron chi connectivity index (χ0n) is 47.6. The summed E-state index contributed by atoms with van der Waals surface area (Å²) in [6.45, 7) is 13.9. The highest BCUT2D eigenvalue weighted by atomic mass is 14.8. The zero-order chi connectivity index (χ0) is 49.5. The summed E-state index contributed by atoms with van der Waals surface area (Å²) in [5.41, 5.74) is 11.0. The Labute approximate surface area is 432 Å². The summed E-state index contributed by atoms with van der Waals surface area (Å²) in [7, 11) is 0. The summed E-state index contributed by atoms with van der Waals surface area (Å²) in [6.07, 6.45) is 63.3. The van der Waals surface area contributed by atoms with E-state index in [9.17, 15) is 0 Å². The molecule has 2 heteroatoms. The van der Waals surface area contributed by atoms with Crippen LogP contribution in [0.25, 0.3) is 0 Å². The Morgan fingerprint density at radius 2 is 0.478 bits per heavy atom. The Balaban J connectivity index is 1.91. The van der Waals surface area contributed by atoms with Crippen LogP contribution < -0.4 is 0 Å². The van der Waals surface area contributed by atoms with E-state index < -0.39 is 0 Å². The fourth-order valence-electron chi connectivity index (χ4n) is 10.5. The molecule has 2 aromatic carbocycles. The number of nitrogens with zero attached hydrogens (tertiary/aromatic N) is 2. The Morgan fingerprint density at radius 3 is 0.768 bits per heavy atom. The lowest BCUT2D eigenvalue weighted by atomic mass is 9.96. The molecular weight excluding hydrogens is 833 g/mol. The standard InChI is InChI=1S/C67H118N2/c1-7-13-19-20-21-22-23-24-25-26-27-28-29-30-31-32-33-34-35-36-37-38-39-40-41-42-47-53-67(69-65-57-55-61(49-44-15-9-3)63(59-65)51-46-17-11-5)66(52-18-12-6)68-64-56-54-60(48-43-14-8-2)62(58-64)50-45-16-10-4/h54-59H,7-53H2,1-6H3. The molecule has 0 amide bonds. The molecule has 0 aromatic heterocycles. The molecule has 0 saturated heterocycles. The molecule has 69 heavy (non-hydrogen) atoms. The molecule has 2 rings (SSSR count). The number of rotatable bonds is 50. The first-order chi connectivity index (χ1) is 34.1. The van der Waals surface area contributed by atoms with Crippen molar-refractivity contribution in [3.8, 4) is 0 Å². The van der Waals surface area contributed by atoms with Gasteiger partial charge in [0.05, 0.1) is 22.8 Å². The molecule has 0 spiro atoms. The second kappa shape index (κ2) is 46.8.